The van der Waals surface area contributed by atoms with E-state index in [1.165, 1.54) is 0 Å². The molecule has 0 aliphatic rings. The van der Waals surface area contributed by atoms with E-state index in [4.69, 9.17) is 17.3 Å². The van der Waals surface area contributed by atoms with Gasteiger partial charge < -0.3 is 5.73 Å². The van der Waals surface area contributed by atoms with Crippen molar-refractivity contribution in [1.82, 2.24) is 4.98 Å². The van der Waals surface area contributed by atoms with Crippen molar-refractivity contribution in [3.63, 3.8) is 0 Å². The van der Waals surface area contributed by atoms with Crippen LogP contribution in [0.3, 0.4) is 0 Å². The Morgan fingerprint density at radius 2 is 2.40 bits per heavy atom. The average molecular weight is 227 g/mol. The SMILES string of the molecule is CC(CN)CC(=O)Cc1ccncc1Cl. The van der Waals surface area contributed by atoms with Gasteiger partial charge in [-0.2, -0.15) is 0 Å². The van der Waals surface area contributed by atoms with Crippen LogP contribution < -0.4 is 5.73 Å². The third-order valence-electron chi connectivity index (χ3n) is 2.22. The smallest absolute Gasteiger partial charge is 0.137 e. The highest BCUT2D eigenvalue weighted by Gasteiger charge is 2.10. The van der Waals surface area contributed by atoms with Crippen LogP contribution in [0, 0.1) is 5.92 Å². The molecule has 2 N–H and O–H groups in total. The summed E-state index contributed by atoms with van der Waals surface area (Å²) in [6.45, 7) is 2.50. The number of ketones is 1. The number of nitrogens with zero attached hydrogens (tertiary/aromatic N) is 1. The van der Waals surface area contributed by atoms with Crippen molar-refractivity contribution in [3.05, 3.63) is 29.0 Å². The molecule has 82 valence electrons. The fraction of sp³-hybridized carbons (Fsp3) is 0.455. The average Bonchev–Trinajstić information content (AvgIpc) is 2.21. The van der Waals surface area contributed by atoms with Crippen molar-refractivity contribution in [2.45, 2.75) is 19.8 Å². The molecule has 1 aromatic heterocycles. The molecular formula is C11H15ClN2O. The summed E-state index contributed by atoms with van der Waals surface area (Å²) in [7, 11) is 0. The Kier molecular flexibility index (Phi) is 4.72. The number of hydrogen-bond donors (Lipinski definition) is 1. The third kappa shape index (κ3) is 3.98. The quantitative estimate of drug-likeness (QED) is 0.834. The van der Waals surface area contributed by atoms with Crippen molar-refractivity contribution in [1.29, 1.82) is 0 Å². The molecule has 1 aromatic rings. The molecule has 0 aliphatic heterocycles. The van der Waals surface area contributed by atoms with Gasteiger partial charge in [-0.15, -0.1) is 0 Å². The third-order valence-corrected chi connectivity index (χ3v) is 2.56. The van der Waals surface area contributed by atoms with Crippen LogP contribution in [0.25, 0.3) is 0 Å². The summed E-state index contributed by atoms with van der Waals surface area (Å²) in [5.74, 6) is 0.402. The van der Waals surface area contributed by atoms with Crippen molar-refractivity contribution in [3.8, 4) is 0 Å². The standard InChI is InChI=1S/C11H15ClN2O/c1-8(6-13)4-10(15)5-9-2-3-14-7-11(9)12/h2-3,7-8H,4-6,13H2,1H3. The molecule has 0 fully saturated rings. The van der Waals surface area contributed by atoms with Gasteiger partial charge in [0.1, 0.15) is 5.78 Å². The van der Waals surface area contributed by atoms with Crippen LogP contribution in [0.15, 0.2) is 18.5 Å². The molecule has 1 rings (SSSR count). The minimum Gasteiger partial charge on any atom is -0.330 e. The molecule has 3 nitrogen and oxygen atoms in total. The number of halogens is 1. The van der Waals surface area contributed by atoms with E-state index in [9.17, 15) is 4.79 Å². The summed E-state index contributed by atoms with van der Waals surface area (Å²) in [5.41, 5.74) is 6.29. The van der Waals surface area contributed by atoms with Gasteiger partial charge in [0.05, 0.1) is 5.02 Å². The van der Waals surface area contributed by atoms with Crippen LogP contribution in [0.4, 0.5) is 0 Å². The topological polar surface area (TPSA) is 56.0 Å². The second kappa shape index (κ2) is 5.83. The van der Waals surface area contributed by atoms with Crippen LogP contribution in [-0.4, -0.2) is 17.3 Å². The van der Waals surface area contributed by atoms with Crippen LogP contribution >= 0.6 is 11.6 Å². The fourth-order valence-corrected chi connectivity index (χ4v) is 1.49. The Hall–Kier alpha value is -0.930. The summed E-state index contributed by atoms with van der Waals surface area (Å²) in [6, 6.07) is 1.77. The number of pyridine rings is 1. The number of Topliss-reactive ketones (excluding diaryl/α,β-unsaturated/α-hetero) is 1. The van der Waals surface area contributed by atoms with Gasteiger partial charge in [0, 0.05) is 25.2 Å². The lowest BCUT2D eigenvalue weighted by Crippen LogP contribution is -2.16. The first kappa shape index (κ1) is 12.1. The van der Waals surface area contributed by atoms with Crippen molar-refractivity contribution < 1.29 is 4.79 Å². The largest absolute Gasteiger partial charge is 0.330 e. The fourth-order valence-electron chi connectivity index (χ4n) is 1.30. The van der Waals surface area contributed by atoms with E-state index < -0.39 is 0 Å². The monoisotopic (exact) mass is 226 g/mol. The van der Waals surface area contributed by atoms with Gasteiger partial charge in [-0.05, 0) is 24.1 Å². The van der Waals surface area contributed by atoms with E-state index in [2.05, 4.69) is 4.98 Å². The van der Waals surface area contributed by atoms with Crippen LogP contribution in [0.1, 0.15) is 18.9 Å². The Bertz CT molecular complexity index is 341. The number of rotatable bonds is 5. The van der Waals surface area contributed by atoms with Gasteiger partial charge in [0.2, 0.25) is 0 Å². The molecule has 0 radical (unpaired) electrons. The van der Waals surface area contributed by atoms with E-state index in [1.807, 2.05) is 6.92 Å². The minimum absolute atomic E-state index is 0.168. The Morgan fingerprint density at radius 1 is 1.67 bits per heavy atom. The molecule has 4 heteroatoms. The maximum Gasteiger partial charge on any atom is 0.137 e. The molecule has 1 unspecified atom stereocenters. The normalized spacial score (nSPS) is 12.5. The van der Waals surface area contributed by atoms with Gasteiger partial charge in [0.15, 0.2) is 0 Å². The molecular weight excluding hydrogens is 212 g/mol. The van der Waals surface area contributed by atoms with E-state index in [0.29, 0.717) is 24.4 Å². The molecule has 0 spiro atoms. The summed E-state index contributed by atoms with van der Waals surface area (Å²) in [5, 5.41) is 0.547. The minimum atomic E-state index is 0.168. The number of aromatic nitrogens is 1. The van der Waals surface area contributed by atoms with Crippen molar-refractivity contribution >= 4 is 17.4 Å². The highest BCUT2D eigenvalue weighted by atomic mass is 35.5. The zero-order valence-corrected chi connectivity index (χ0v) is 9.50. The van der Waals surface area contributed by atoms with E-state index in [1.54, 1.807) is 18.5 Å². The zero-order chi connectivity index (χ0) is 11.3. The molecule has 0 saturated carbocycles. The lowest BCUT2D eigenvalue weighted by Gasteiger charge is -2.07. The first-order valence-corrected chi connectivity index (χ1v) is 5.31. The first-order chi connectivity index (χ1) is 7.13. The molecule has 1 atom stereocenters. The molecule has 0 bridgehead atoms. The lowest BCUT2D eigenvalue weighted by atomic mass is 10.0. The maximum atomic E-state index is 11.6. The highest BCUT2D eigenvalue weighted by Crippen LogP contribution is 2.15. The number of hydrogen-bond acceptors (Lipinski definition) is 3. The molecule has 15 heavy (non-hydrogen) atoms. The molecule has 0 aromatic carbocycles. The second-order valence-corrected chi connectivity index (χ2v) is 4.13. The first-order valence-electron chi connectivity index (χ1n) is 4.93. The highest BCUT2D eigenvalue weighted by molar-refractivity contribution is 6.31. The van der Waals surface area contributed by atoms with Crippen molar-refractivity contribution in [2.75, 3.05) is 6.54 Å². The van der Waals surface area contributed by atoms with E-state index in [0.717, 1.165) is 5.56 Å². The number of nitrogens with two attached hydrogens (primary N) is 1. The van der Waals surface area contributed by atoms with E-state index in [-0.39, 0.29) is 11.7 Å². The summed E-state index contributed by atoms with van der Waals surface area (Å²) < 4.78 is 0. The Morgan fingerprint density at radius 3 is 3.00 bits per heavy atom. The van der Waals surface area contributed by atoms with Crippen LogP contribution in [0.5, 0.6) is 0 Å². The van der Waals surface area contributed by atoms with Crippen molar-refractivity contribution in [2.24, 2.45) is 11.7 Å². The predicted molar refractivity (Wildman–Crippen MR) is 60.8 cm³/mol. The Labute approximate surface area is 94.6 Å². The van der Waals surface area contributed by atoms with Gasteiger partial charge >= 0.3 is 0 Å². The Balaban J connectivity index is 2.55. The second-order valence-electron chi connectivity index (χ2n) is 3.73. The van der Waals surface area contributed by atoms with Gasteiger partial charge in [-0.3, -0.25) is 9.78 Å². The van der Waals surface area contributed by atoms with Crippen LogP contribution in [-0.2, 0) is 11.2 Å². The van der Waals surface area contributed by atoms with E-state index >= 15 is 0 Å². The predicted octanol–water partition coefficient (Wildman–Crippen LogP) is 1.83. The summed E-state index contributed by atoms with van der Waals surface area (Å²) in [6.07, 6.45) is 4.07. The van der Waals surface area contributed by atoms with Gasteiger partial charge in [-0.25, -0.2) is 0 Å². The lowest BCUT2D eigenvalue weighted by molar-refractivity contribution is -0.119. The molecule has 1 heterocycles. The number of carbonyl (C=O) groups is 1. The van der Waals surface area contributed by atoms with Crippen LogP contribution in [0.2, 0.25) is 5.02 Å². The zero-order valence-electron chi connectivity index (χ0n) is 8.74. The van der Waals surface area contributed by atoms with Gasteiger partial charge in [0.25, 0.3) is 0 Å². The maximum absolute atomic E-state index is 11.6. The number of carbonyl (C=O) groups excluding carboxylic acids is 1. The van der Waals surface area contributed by atoms with Gasteiger partial charge in [-0.1, -0.05) is 18.5 Å². The molecule has 0 amide bonds. The summed E-state index contributed by atoms with van der Waals surface area (Å²) in [4.78, 5) is 15.5. The molecule has 0 saturated heterocycles. The summed E-state index contributed by atoms with van der Waals surface area (Å²) >= 11 is 5.90. The molecule has 0 aliphatic carbocycles.